The normalized spacial score (nSPS) is 18.6. The molecule has 0 radical (unpaired) electrons. The number of fused-ring (bicyclic) bond motifs is 2. The lowest BCUT2D eigenvalue weighted by atomic mass is 9.88. The molecule has 1 unspecified atom stereocenters. The molecule has 0 fully saturated rings. The summed E-state index contributed by atoms with van der Waals surface area (Å²) in [4.78, 5) is 12.7. The zero-order valence-electron chi connectivity index (χ0n) is 13.1. The summed E-state index contributed by atoms with van der Waals surface area (Å²) in [6.07, 6.45) is 0.950. The summed E-state index contributed by atoms with van der Waals surface area (Å²) in [5.74, 6) is 1.57. The van der Waals surface area contributed by atoms with Gasteiger partial charge in [0.25, 0.3) is 5.69 Å². The van der Waals surface area contributed by atoms with E-state index in [0.29, 0.717) is 0 Å². The lowest BCUT2D eigenvalue weighted by molar-refractivity contribution is -0.384. The van der Waals surface area contributed by atoms with E-state index >= 15 is 0 Å². The summed E-state index contributed by atoms with van der Waals surface area (Å²) in [5, 5.41) is 10.8. The van der Waals surface area contributed by atoms with Crippen LogP contribution in [0.15, 0.2) is 36.4 Å². The first kappa shape index (κ1) is 16.5. The Bertz CT molecular complexity index is 779. The number of nitro benzene ring substituents is 1. The Morgan fingerprint density at radius 3 is 2.50 bits per heavy atom. The number of benzene rings is 2. The Balaban J connectivity index is 0.00000169. The van der Waals surface area contributed by atoms with E-state index < -0.39 is 0 Å². The van der Waals surface area contributed by atoms with Gasteiger partial charge in [-0.3, -0.25) is 15.0 Å². The standard InChI is InChI=1S/C17H16N2O4.ClH/c1-18-7-6-12-8-15-16(23-10-22-15)9-14(12)17(18)11-2-4-13(5-3-11)19(20)21;/h2-5,8-9,17H,6-7,10H2,1H3;1H. The van der Waals surface area contributed by atoms with E-state index in [4.69, 9.17) is 9.47 Å². The Hall–Kier alpha value is -2.31. The van der Waals surface area contributed by atoms with Gasteiger partial charge in [0, 0.05) is 18.7 Å². The van der Waals surface area contributed by atoms with Crippen molar-refractivity contribution in [3.63, 3.8) is 0 Å². The van der Waals surface area contributed by atoms with Gasteiger partial charge < -0.3 is 9.47 Å². The number of hydrogen-bond donors (Lipinski definition) is 0. The van der Waals surface area contributed by atoms with Crippen LogP contribution in [0.1, 0.15) is 22.7 Å². The lowest BCUT2D eigenvalue weighted by Gasteiger charge is -2.35. The minimum Gasteiger partial charge on any atom is -0.454 e. The highest BCUT2D eigenvalue weighted by Crippen LogP contribution is 2.42. The third kappa shape index (κ3) is 2.68. The molecule has 7 heteroatoms. The number of likely N-dealkylation sites (N-methyl/N-ethyl adjacent to an activating group) is 1. The molecule has 2 aromatic carbocycles. The van der Waals surface area contributed by atoms with Crippen LogP contribution in [0.25, 0.3) is 0 Å². The van der Waals surface area contributed by atoms with E-state index in [9.17, 15) is 10.1 Å². The molecule has 126 valence electrons. The molecular weight excluding hydrogens is 332 g/mol. The monoisotopic (exact) mass is 348 g/mol. The summed E-state index contributed by atoms with van der Waals surface area (Å²) in [7, 11) is 2.07. The van der Waals surface area contributed by atoms with Crippen LogP contribution in [0.2, 0.25) is 0 Å². The van der Waals surface area contributed by atoms with E-state index in [2.05, 4.69) is 18.0 Å². The predicted molar refractivity (Wildman–Crippen MR) is 91.1 cm³/mol. The van der Waals surface area contributed by atoms with Gasteiger partial charge in [-0.2, -0.15) is 0 Å². The Morgan fingerprint density at radius 2 is 1.83 bits per heavy atom. The number of ether oxygens (including phenoxy) is 2. The van der Waals surface area contributed by atoms with Gasteiger partial charge in [-0.05, 0) is 42.3 Å². The molecule has 0 N–H and O–H groups in total. The molecular formula is C17H17ClN2O4. The summed E-state index contributed by atoms with van der Waals surface area (Å²) in [5.41, 5.74) is 3.57. The van der Waals surface area contributed by atoms with Gasteiger partial charge in [-0.1, -0.05) is 12.1 Å². The van der Waals surface area contributed by atoms with Gasteiger partial charge >= 0.3 is 0 Å². The van der Waals surface area contributed by atoms with Crippen LogP contribution in [0.4, 0.5) is 5.69 Å². The largest absolute Gasteiger partial charge is 0.454 e. The second kappa shape index (κ2) is 6.30. The van der Waals surface area contributed by atoms with Crippen molar-refractivity contribution in [1.82, 2.24) is 4.90 Å². The van der Waals surface area contributed by atoms with Crippen molar-refractivity contribution < 1.29 is 14.4 Å². The molecule has 2 aliphatic heterocycles. The third-order valence-electron chi connectivity index (χ3n) is 4.52. The minimum absolute atomic E-state index is 0. The smallest absolute Gasteiger partial charge is 0.269 e. The van der Waals surface area contributed by atoms with Gasteiger partial charge in [0.05, 0.1) is 11.0 Å². The maximum Gasteiger partial charge on any atom is 0.269 e. The molecule has 2 aromatic rings. The molecule has 24 heavy (non-hydrogen) atoms. The highest BCUT2D eigenvalue weighted by Gasteiger charge is 2.29. The van der Waals surface area contributed by atoms with Crippen molar-refractivity contribution in [3.05, 3.63) is 63.2 Å². The Labute approximate surface area is 145 Å². The first-order valence-corrected chi connectivity index (χ1v) is 7.50. The number of halogens is 1. The van der Waals surface area contributed by atoms with Crippen LogP contribution in [0.5, 0.6) is 11.5 Å². The molecule has 0 spiro atoms. The molecule has 0 amide bonds. The maximum atomic E-state index is 10.8. The summed E-state index contributed by atoms with van der Waals surface area (Å²) >= 11 is 0. The number of nitro groups is 1. The highest BCUT2D eigenvalue weighted by atomic mass is 35.5. The number of rotatable bonds is 2. The van der Waals surface area contributed by atoms with Gasteiger partial charge in [0.1, 0.15) is 0 Å². The third-order valence-corrected chi connectivity index (χ3v) is 4.52. The van der Waals surface area contributed by atoms with Gasteiger partial charge in [-0.15, -0.1) is 12.4 Å². The van der Waals surface area contributed by atoms with Gasteiger partial charge in [-0.25, -0.2) is 0 Å². The average Bonchev–Trinajstić information content (AvgIpc) is 3.00. The molecule has 0 aliphatic carbocycles. The van der Waals surface area contributed by atoms with E-state index in [1.54, 1.807) is 12.1 Å². The predicted octanol–water partition coefficient (Wildman–Crippen LogP) is 3.32. The van der Waals surface area contributed by atoms with Crippen LogP contribution < -0.4 is 9.47 Å². The second-order valence-corrected chi connectivity index (χ2v) is 5.89. The first-order valence-electron chi connectivity index (χ1n) is 7.50. The van der Waals surface area contributed by atoms with Gasteiger partial charge in [0.2, 0.25) is 6.79 Å². The summed E-state index contributed by atoms with van der Waals surface area (Å²) in [6.45, 7) is 1.19. The number of non-ortho nitro benzene ring substituents is 1. The van der Waals surface area contributed by atoms with Crippen molar-refractivity contribution in [2.24, 2.45) is 0 Å². The molecule has 0 saturated carbocycles. The van der Waals surface area contributed by atoms with Crippen molar-refractivity contribution in [2.75, 3.05) is 20.4 Å². The van der Waals surface area contributed by atoms with Crippen LogP contribution in [0.3, 0.4) is 0 Å². The van der Waals surface area contributed by atoms with Crippen LogP contribution in [-0.2, 0) is 6.42 Å². The van der Waals surface area contributed by atoms with Gasteiger partial charge in [0.15, 0.2) is 11.5 Å². The van der Waals surface area contributed by atoms with Crippen LogP contribution in [0, 0.1) is 10.1 Å². The lowest BCUT2D eigenvalue weighted by Crippen LogP contribution is -2.32. The SMILES string of the molecule is CN1CCc2cc3c(cc2C1c1ccc([N+](=O)[O-])cc1)OCO3.Cl. The zero-order valence-corrected chi connectivity index (χ0v) is 13.9. The molecule has 0 bridgehead atoms. The molecule has 6 nitrogen and oxygen atoms in total. The van der Waals surface area contributed by atoms with Crippen molar-refractivity contribution in [3.8, 4) is 11.5 Å². The van der Waals surface area contributed by atoms with E-state index in [-0.39, 0.29) is 35.9 Å². The molecule has 2 heterocycles. The fourth-order valence-corrected chi connectivity index (χ4v) is 3.35. The first-order chi connectivity index (χ1) is 11.1. The minimum atomic E-state index is -0.375. The fraction of sp³-hybridized carbons (Fsp3) is 0.294. The van der Waals surface area contributed by atoms with Crippen molar-refractivity contribution in [2.45, 2.75) is 12.5 Å². The Kier molecular flexibility index (Phi) is 4.34. The maximum absolute atomic E-state index is 10.8. The molecule has 2 aliphatic rings. The Morgan fingerprint density at radius 1 is 1.17 bits per heavy atom. The number of nitrogens with zero attached hydrogens (tertiary/aromatic N) is 2. The zero-order chi connectivity index (χ0) is 16.0. The van der Waals surface area contributed by atoms with Crippen molar-refractivity contribution >= 4 is 18.1 Å². The second-order valence-electron chi connectivity index (χ2n) is 5.89. The highest BCUT2D eigenvalue weighted by molar-refractivity contribution is 5.85. The van der Waals surface area contributed by atoms with Crippen molar-refractivity contribution in [1.29, 1.82) is 0 Å². The van der Waals surface area contributed by atoms with E-state index in [0.717, 1.165) is 30.0 Å². The van der Waals surface area contributed by atoms with E-state index in [1.807, 2.05) is 18.2 Å². The number of hydrogen-bond acceptors (Lipinski definition) is 5. The molecule has 0 saturated heterocycles. The summed E-state index contributed by atoms with van der Waals surface area (Å²) in [6, 6.07) is 10.9. The average molecular weight is 349 g/mol. The summed E-state index contributed by atoms with van der Waals surface area (Å²) < 4.78 is 11.0. The molecule has 1 atom stereocenters. The van der Waals surface area contributed by atoms with Crippen LogP contribution >= 0.6 is 12.4 Å². The topological polar surface area (TPSA) is 64.8 Å². The van der Waals surface area contributed by atoms with Crippen LogP contribution in [-0.4, -0.2) is 30.2 Å². The fourth-order valence-electron chi connectivity index (χ4n) is 3.35. The quantitative estimate of drug-likeness (QED) is 0.615. The van der Waals surface area contributed by atoms with E-state index in [1.165, 1.54) is 11.1 Å². The molecule has 4 rings (SSSR count). The molecule has 0 aromatic heterocycles.